The highest BCUT2D eigenvalue weighted by molar-refractivity contribution is 5.79. The Morgan fingerprint density at radius 2 is 1.95 bits per heavy atom. The Hall–Kier alpha value is -1.76. The molecule has 2 atom stereocenters. The average Bonchev–Trinajstić information content (AvgIpc) is 2.42. The molecule has 1 fully saturated rings. The van der Waals surface area contributed by atoms with Crippen molar-refractivity contribution in [3.63, 3.8) is 0 Å². The Bertz CT molecular complexity index is 517. The number of amides is 1. The minimum atomic E-state index is -4.70. The number of hydrogen-bond donors (Lipinski definition) is 1. The number of rotatable bonds is 3. The number of piperazine rings is 1. The maximum Gasteiger partial charge on any atom is 0.573 e. The van der Waals surface area contributed by atoms with Crippen molar-refractivity contribution >= 4 is 5.91 Å². The van der Waals surface area contributed by atoms with E-state index in [9.17, 15) is 18.0 Å². The number of hydrogen-bond acceptors (Lipinski definition) is 3. The van der Waals surface area contributed by atoms with Gasteiger partial charge in [-0.1, -0.05) is 12.1 Å². The van der Waals surface area contributed by atoms with Gasteiger partial charge < -0.3 is 15.0 Å². The van der Waals surface area contributed by atoms with Gasteiger partial charge in [0.15, 0.2) is 0 Å². The topological polar surface area (TPSA) is 41.6 Å². The molecule has 0 bridgehead atoms. The summed E-state index contributed by atoms with van der Waals surface area (Å²) in [4.78, 5) is 14.1. The van der Waals surface area contributed by atoms with Crippen molar-refractivity contribution < 1.29 is 22.7 Å². The second kappa shape index (κ2) is 6.56. The van der Waals surface area contributed by atoms with E-state index in [1.165, 1.54) is 24.3 Å². The van der Waals surface area contributed by atoms with Gasteiger partial charge in [0, 0.05) is 25.2 Å². The maximum atomic E-state index is 12.3. The van der Waals surface area contributed by atoms with Crippen molar-refractivity contribution in [1.29, 1.82) is 0 Å². The minimum Gasteiger partial charge on any atom is -0.406 e. The molecule has 0 saturated carbocycles. The number of carbonyl (C=O) groups excluding carboxylic acids is 1. The first kappa shape index (κ1) is 16.6. The number of nitrogens with zero attached hydrogens (tertiary/aromatic N) is 1. The molecule has 22 heavy (non-hydrogen) atoms. The Balaban J connectivity index is 1.97. The molecule has 4 nitrogen and oxygen atoms in total. The molecule has 1 aromatic rings. The molecular formula is C15H19F3N2O2. The molecule has 1 aromatic carbocycles. The largest absolute Gasteiger partial charge is 0.573 e. The van der Waals surface area contributed by atoms with Crippen LogP contribution >= 0.6 is 0 Å². The van der Waals surface area contributed by atoms with Crippen LogP contribution in [0.25, 0.3) is 0 Å². The van der Waals surface area contributed by atoms with E-state index in [1.54, 1.807) is 4.90 Å². The summed E-state index contributed by atoms with van der Waals surface area (Å²) in [6.07, 6.45) is -4.53. The lowest BCUT2D eigenvalue weighted by Gasteiger charge is -2.38. The van der Waals surface area contributed by atoms with Gasteiger partial charge >= 0.3 is 6.36 Å². The third-order valence-corrected chi connectivity index (χ3v) is 3.87. The van der Waals surface area contributed by atoms with Gasteiger partial charge in [-0.05, 0) is 31.5 Å². The summed E-state index contributed by atoms with van der Waals surface area (Å²) in [5.41, 5.74) is 0.665. The fourth-order valence-electron chi connectivity index (χ4n) is 2.49. The molecule has 0 aromatic heterocycles. The van der Waals surface area contributed by atoms with Crippen LogP contribution in [0, 0.1) is 0 Å². The zero-order valence-electron chi connectivity index (χ0n) is 12.5. The Morgan fingerprint density at radius 1 is 1.32 bits per heavy atom. The van der Waals surface area contributed by atoms with Crippen LogP contribution < -0.4 is 10.1 Å². The van der Waals surface area contributed by atoms with E-state index in [0.717, 1.165) is 6.54 Å². The molecule has 122 valence electrons. The van der Waals surface area contributed by atoms with Crippen molar-refractivity contribution in [2.24, 2.45) is 0 Å². The molecule has 7 heteroatoms. The summed E-state index contributed by atoms with van der Waals surface area (Å²) in [6.45, 7) is 5.39. The van der Waals surface area contributed by atoms with Crippen molar-refractivity contribution in [2.45, 2.75) is 38.7 Å². The zero-order valence-corrected chi connectivity index (χ0v) is 12.5. The number of halogens is 3. The average molecular weight is 316 g/mol. The van der Waals surface area contributed by atoms with E-state index in [0.29, 0.717) is 12.1 Å². The lowest BCUT2D eigenvalue weighted by Crippen LogP contribution is -2.57. The lowest BCUT2D eigenvalue weighted by atomic mass is 10.0. The highest BCUT2D eigenvalue weighted by atomic mass is 19.4. The normalized spacial score (nSPS) is 22.5. The van der Waals surface area contributed by atoms with Crippen molar-refractivity contribution in [2.75, 3.05) is 13.1 Å². The summed E-state index contributed by atoms with van der Waals surface area (Å²) in [5, 5.41) is 3.29. The van der Waals surface area contributed by atoms with Gasteiger partial charge in [0.1, 0.15) is 5.75 Å². The van der Waals surface area contributed by atoms with Crippen LogP contribution in [0.4, 0.5) is 13.2 Å². The molecule has 1 aliphatic rings. The van der Waals surface area contributed by atoms with Gasteiger partial charge in [-0.25, -0.2) is 0 Å². The number of benzene rings is 1. The highest BCUT2D eigenvalue weighted by Gasteiger charge is 2.31. The van der Waals surface area contributed by atoms with Crippen LogP contribution in [0.15, 0.2) is 24.3 Å². The molecule has 1 N–H and O–H groups in total. The Labute approximate surface area is 127 Å². The SMILES string of the molecule is CC1NCCN(C(=O)Cc2ccc(OC(F)(F)F)cc2)C1C. The van der Waals surface area contributed by atoms with E-state index < -0.39 is 6.36 Å². The molecule has 1 saturated heterocycles. The molecule has 0 radical (unpaired) electrons. The fraction of sp³-hybridized carbons (Fsp3) is 0.533. The maximum absolute atomic E-state index is 12.3. The molecule has 1 amide bonds. The molecule has 2 rings (SSSR count). The molecule has 2 unspecified atom stereocenters. The first-order valence-electron chi connectivity index (χ1n) is 7.14. The predicted molar refractivity (Wildman–Crippen MR) is 75.5 cm³/mol. The quantitative estimate of drug-likeness (QED) is 0.930. The van der Waals surface area contributed by atoms with Crippen molar-refractivity contribution in [1.82, 2.24) is 10.2 Å². The van der Waals surface area contributed by atoms with Gasteiger partial charge in [0.25, 0.3) is 0 Å². The molecule has 0 spiro atoms. The predicted octanol–water partition coefficient (Wildman–Crippen LogP) is 2.34. The van der Waals surface area contributed by atoms with Crippen LogP contribution in [0.1, 0.15) is 19.4 Å². The Morgan fingerprint density at radius 3 is 2.55 bits per heavy atom. The Kier molecular flexibility index (Phi) is 4.95. The second-order valence-electron chi connectivity index (χ2n) is 5.44. The third kappa shape index (κ3) is 4.37. The second-order valence-corrected chi connectivity index (χ2v) is 5.44. The summed E-state index contributed by atoms with van der Waals surface area (Å²) >= 11 is 0. The number of carbonyl (C=O) groups is 1. The highest BCUT2D eigenvalue weighted by Crippen LogP contribution is 2.23. The smallest absolute Gasteiger partial charge is 0.406 e. The number of alkyl halides is 3. The first-order chi connectivity index (χ1) is 10.3. The molecular weight excluding hydrogens is 297 g/mol. The van der Waals surface area contributed by atoms with Crippen LogP contribution in [0.5, 0.6) is 5.75 Å². The van der Waals surface area contributed by atoms with Crippen molar-refractivity contribution in [3.8, 4) is 5.75 Å². The first-order valence-corrected chi connectivity index (χ1v) is 7.14. The van der Waals surface area contributed by atoms with Gasteiger partial charge in [-0.15, -0.1) is 13.2 Å². The molecule has 1 aliphatic heterocycles. The molecule has 0 aliphatic carbocycles. The van der Waals surface area contributed by atoms with Crippen molar-refractivity contribution in [3.05, 3.63) is 29.8 Å². The van der Waals surface area contributed by atoms with Crippen LogP contribution in [-0.4, -0.2) is 42.3 Å². The zero-order chi connectivity index (χ0) is 16.3. The van der Waals surface area contributed by atoms with Crippen LogP contribution in [0.2, 0.25) is 0 Å². The lowest BCUT2D eigenvalue weighted by molar-refractivity contribution is -0.274. The van der Waals surface area contributed by atoms with Crippen LogP contribution in [-0.2, 0) is 11.2 Å². The summed E-state index contributed by atoms with van der Waals surface area (Å²) in [7, 11) is 0. The summed E-state index contributed by atoms with van der Waals surface area (Å²) in [5.74, 6) is -0.307. The standard InChI is InChI=1S/C15H19F3N2O2/c1-10-11(2)20(8-7-19-10)14(21)9-12-3-5-13(6-4-12)22-15(16,17)18/h3-6,10-11,19H,7-9H2,1-2H3. The van der Waals surface area contributed by atoms with E-state index in [-0.39, 0.29) is 30.2 Å². The van der Waals surface area contributed by atoms with Gasteiger partial charge in [-0.2, -0.15) is 0 Å². The number of nitrogens with one attached hydrogen (secondary N) is 1. The van der Waals surface area contributed by atoms with E-state index in [2.05, 4.69) is 10.1 Å². The van der Waals surface area contributed by atoms with Gasteiger partial charge in [-0.3, -0.25) is 4.79 Å². The fourth-order valence-corrected chi connectivity index (χ4v) is 2.49. The minimum absolute atomic E-state index is 0.0228. The monoisotopic (exact) mass is 316 g/mol. The van der Waals surface area contributed by atoms with E-state index in [4.69, 9.17) is 0 Å². The summed E-state index contributed by atoms with van der Waals surface area (Å²) < 4.78 is 40.1. The van der Waals surface area contributed by atoms with E-state index in [1.807, 2.05) is 13.8 Å². The summed E-state index contributed by atoms with van der Waals surface area (Å²) in [6, 6.07) is 5.72. The molecule has 1 heterocycles. The van der Waals surface area contributed by atoms with Gasteiger partial charge in [0.2, 0.25) is 5.91 Å². The van der Waals surface area contributed by atoms with Crippen LogP contribution in [0.3, 0.4) is 0 Å². The van der Waals surface area contributed by atoms with E-state index >= 15 is 0 Å². The number of ether oxygens (including phenoxy) is 1. The van der Waals surface area contributed by atoms with Gasteiger partial charge in [0.05, 0.1) is 6.42 Å². The third-order valence-electron chi connectivity index (χ3n) is 3.87.